The number of amides is 1. The summed E-state index contributed by atoms with van der Waals surface area (Å²) in [6, 6.07) is 0.951. The van der Waals surface area contributed by atoms with Crippen molar-refractivity contribution in [1.29, 1.82) is 0 Å². The standard InChI is InChI=1S/C15H29N.C8H14N2O/c1-3-13(2)14-9-11-16(12-10-14)15-7-5-4-6-8-15;1-2-9-3-8(4-9)5-10(6-8)7-11/h13-15H,3-12H2,1-2H3;7H,2-6H2,1H3. The monoisotopic (exact) mass is 377 g/mol. The van der Waals surface area contributed by atoms with Gasteiger partial charge < -0.3 is 14.7 Å². The fourth-order valence-electron chi connectivity index (χ4n) is 5.85. The van der Waals surface area contributed by atoms with E-state index in [1.807, 2.05) is 4.90 Å². The molecule has 3 saturated heterocycles. The lowest BCUT2D eigenvalue weighted by molar-refractivity contribution is -0.145. The van der Waals surface area contributed by atoms with Crippen LogP contribution in [0.3, 0.4) is 0 Å². The van der Waals surface area contributed by atoms with Crippen LogP contribution >= 0.6 is 0 Å². The third-order valence-electron chi connectivity index (χ3n) is 7.91. The van der Waals surface area contributed by atoms with Crippen molar-refractivity contribution in [3.63, 3.8) is 0 Å². The Bertz CT molecular complexity index is 441. The third kappa shape index (κ3) is 5.26. The van der Waals surface area contributed by atoms with Crippen LogP contribution in [0, 0.1) is 17.3 Å². The highest BCUT2D eigenvalue weighted by atomic mass is 16.1. The molecular formula is C23H43N3O. The van der Waals surface area contributed by atoms with E-state index in [1.165, 1.54) is 77.5 Å². The van der Waals surface area contributed by atoms with Gasteiger partial charge in [-0.3, -0.25) is 4.79 Å². The zero-order valence-corrected chi connectivity index (χ0v) is 18.2. The molecule has 156 valence electrons. The molecule has 4 aliphatic rings. The Balaban J connectivity index is 0.000000166. The highest BCUT2D eigenvalue weighted by Gasteiger charge is 2.50. The van der Waals surface area contributed by atoms with Crippen LogP contribution in [0.25, 0.3) is 0 Å². The first-order chi connectivity index (χ1) is 13.1. The molecule has 3 heterocycles. The maximum atomic E-state index is 10.3. The van der Waals surface area contributed by atoms with E-state index in [9.17, 15) is 4.79 Å². The minimum absolute atomic E-state index is 0.511. The van der Waals surface area contributed by atoms with E-state index in [1.54, 1.807) is 0 Å². The van der Waals surface area contributed by atoms with Crippen LogP contribution in [0.1, 0.15) is 72.1 Å². The first-order valence-electron chi connectivity index (χ1n) is 11.7. The molecule has 3 aliphatic heterocycles. The van der Waals surface area contributed by atoms with Crippen LogP contribution in [0.15, 0.2) is 0 Å². The second kappa shape index (κ2) is 9.73. The Hall–Kier alpha value is -0.610. The van der Waals surface area contributed by atoms with Crippen molar-refractivity contribution in [2.75, 3.05) is 45.8 Å². The predicted octanol–water partition coefficient (Wildman–Crippen LogP) is 3.86. The van der Waals surface area contributed by atoms with Gasteiger partial charge in [-0.2, -0.15) is 0 Å². The van der Waals surface area contributed by atoms with Gasteiger partial charge in [0.25, 0.3) is 0 Å². The molecule has 1 aliphatic carbocycles. The molecule has 0 radical (unpaired) electrons. The van der Waals surface area contributed by atoms with Crippen molar-refractivity contribution in [2.24, 2.45) is 17.3 Å². The molecular weight excluding hydrogens is 334 g/mol. The van der Waals surface area contributed by atoms with Gasteiger partial charge in [-0.05, 0) is 57.2 Å². The van der Waals surface area contributed by atoms with Crippen LogP contribution < -0.4 is 0 Å². The fraction of sp³-hybridized carbons (Fsp3) is 0.957. The lowest BCUT2D eigenvalue weighted by Crippen LogP contribution is -2.71. The molecule has 4 rings (SSSR count). The summed E-state index contributed by atoms with van der Waals surface area (Å²) >= 11 is 0. The van der Waals surface area contributed by atoms with E-state index in [0.29, 0.717) is 5.41 Å². The average Bonchev–Trinajstić information content (AvgIpc) is 2.67. The molecule has 4 heteroatoms. The smallest absolute Gasteiger partial charge is 0.209 e. The Labute approximate surface area is 167 Å². The number of rotatable bonds is 5. The van der Waals surface area contributed by atoms with Crippen LogP contribution in [-0.4, -0.2) is 73.0 Å². The molecule has 27 heavy (non-hydrogen) atoms. The van der Waals surface area contributed by atoms with Gasteiger partial charge in [-0.25, -0.2) is 0 Å². The minimum Gasteiger partial charge on any atom is -0.344 e. The lowest BCUT2D eigenvalue weighted by atomic mass is 9.73. The lowest BCUT2D eigenvalue weighted by Gasteiger charge is -2.59. The van der Waals surface area contributed by atoms with E-state index < -0.39 is 0 Å². The van der Waals surface area contributed by atoms with Crippen LogP contribution in [0.4, 0.5) is 0 Å². The molecule has 1 saturated carbocycles. The normalized spacial score (nSPS) is 28.0. The van der Waals surface area contributed by atoms with E-state index in [0.717, 1.165) is 43.9 Å². The number of likely N-dealkylation sites (tertiary alicyclic amines) is 3. The molecule has 0 aromatic carbocycles. The summed E-state index contributed by atoms with van der Waals surface area (Å²) in [6.07, 6.45) is 12.7. The molecule has 1 amide bonds. The molecule has 0 N–H and O–H groups in total. The van der Waals surface area contributed by atoms with Gasteiger partial charge in [0.2, 0.25) is 6.41 Å². The molecule has 1 unspecified atom stereocenters. The maximum absolute atomic E-state index is 10.3. The third-order valence-corrected chi connectivity index (χ3v) is 7.91. The van der Waals surface area contributed by atoms with Crippen molar-refractivity contribution in [3.8, 4) is 0 Å². The van der Waals surface area contributed by atoms with Crippen molar-refractivity contribution >= 4 is 6.41 Å². The minimum atomic E-state index is 0.511. The van der Waals surface area contributed by atoms with Crippen molar-refractivity contribution in [1.82, 2.24) is 14.7 Å². The number of piperidine rings is 1. The van der Waals surface area contributed by atoms with Gasteiger partial charge in [-0.15, -0.1) is 0 Å². The maximum Gasteiger partial charge on any atom is 0.209 e. The second-order valence-electron chi connectivity index (χ2n) is 9.86. The summed E-state index contributed by atoms with van der Waals surface area (Å²) in [6.45, 7) is 15.3. The predicted molar refractivity (Wildman–Crippen MR) is 113 cm³/mol. The van der Waals surface area contributed by atoms with Gasteiger partial charge >= 0.3 is 0 Å². The summed E-state index contributed by atoms with van der Waals surface area (Å²) < 4.78 is 0. The van der Waals surface area contributed by atoms with Gasteiger partial charge in [0.05, 0.1) is 0 Å². The SMILES string of the molecule is CCC(C)C1CCN(C2CCCCC2)CC1.CCN1CC2(CN(C=O)C2)C1. The first-order valence-corrected chi connectivity index (χ1v) is 11.7. The molecule has 0 bridgehead atoms. The Morgan fingerprint density at radius 3 is 2.11 bits per heavy atom. The van der Waals surface area contributed by atoms with E-state index in [4.69, 9.17) is 0 Å². The Kier molecular flexibility index (Phi) is 7.61. The molecule has 4 nitrogen and oxygen atoms in total. The van der Waals surface area contributed by atoms with E-state index in [2.05, 4.69) is 30.6 Å². The van der Waals surface area contributed by atoms with Crippen molar-refractivity contribution in [3.05, 3.63) is 0 Å². The topological polar surface area (TPSA) is 26.8 Å². The largest absolute Gasteiger partial charge is 0.344 e. The molecule has 0 aromatic heterocycles. The Morgan fingerprint density at radius 2 is 1.59 bits per heavy atom. The van der Waals surface area contributed by atoms with Gasteiger partial charge in [0.15, 0.2) is 0 Å². The molecule has 0 aromatic rings. The highest BCUT2D eigenvalue weighted by Crippen LogP contribution is 2.38. The van der Waals surface area contributed by atoms with Gasteiger partial charge in [-0.1, -0.05) is 46.5 Å². The Morgan fingerprint density at radius 1 is 0.963 bits per heavy atom. The number of hydrogen-bond acceptors (Lipinski definition) is 3. The summed E-state index contributed by atoms with van der Waals surface area (Å²) in [4.78, 5) is 17.4. The molecule has 1 atom stereocenters. The quantitative estimate of drug-likeness (QED) is 0.681. The van der Waals surface area contributed by atoms with Crippen LogP contribution in [0.5, 0.6) is 0 Å². The number of nitrogens with zero attached hydrogens (tertiary/aromatic N) is 3. The average molecular weight is 378 g/mol. The number of carbonyl (C=O) groups excluding carboxylic acids is 1. The fourth-order valence-corrected chi connectivity index (χ4v) is 5.85. The van der Waals surface area contributed by atoms with Crippen molar-refractivity contribution < 1.29 is 4.79 Å². The number of carbonyl (C=O) groups is 1. The zero-order chi connectivity index (χ0) is 19.3. The summed E-state index contributed by atoms with van der Waals surface area (Å²) in [5, 5.41) is 0. The van der Waals surface area contributed by atoms with E-state index in [-0.39, 0.29) is 0 Å². The highest BCUT2D eigenvalue weighted by molar-refractivity contribution is 5.49. The van der Waals surface area contributed by atoms with Crippen molar-refractivity contribution in [2.45, 2.75) is 78.2 Å². The second-order valence-corrected chi connectivity index (χ2v) is 9.86. The molecule has 4 fully saturated rings. The first kappa shape index (κ1) is 21.1. The van der Waals surface area contributed by atoms with Crippen LogP contribution in [0.2, 0.25) is 0 Å². The molecule has 1 spiro atoms. The van der Waals surface area contributed by atoms with Gasteiger partial charge in [0, 0.05) is 37.6 Å². The summed E-state index contributed by atoms with van der Waals surface area (Å²) in [5.74, 6) is 1.97. The van der Waals surface area contributed by atoms with Gasteiger partial charge in [0.1, 0.15) is 0 Å². The number of hydrogen-bond donors (Lipinski definition) is 0. The van der Waals surface area contributed by atoms with E-state index >= 15 is 0 Å². The van der Waals surface area contributed by atoms with Crippen LogP contribution in [-0.2, 0) is 4.79 Å². The summed E-state index contributed by atoms with van der Waals surface area (Å²) in [5.41, 5.74) is 0.511. The summed E-state index contributed by atoms with van der Waals surface area (Å²) in [7, 11) is 0. The zero-order valence-electron chi connectivity index (χ0n) is 18.2.